The van der Waals surface area contributed by atoms with Gasteiger partial charge < -0.3 is 10.0 Å². The van der Waals surface area contributed by atoms with Crippen LogP contribution in [0.2, 0.25) is 0 Å². The van der Waals surface area contributed by atoms with Crippen molar-refractivity contribution in [2.24, 2.45) is 10.1 Å². The van der Waals surface area contributed by atoms with E-state index in [1.165, 1.54) is 17.2 Å². The van der Waals surface area contributed by atoms with Gasteiger partial charge in [-0.2, -0.15) is 5.10 Å². The normalized spacial score (nSPS) is 13.5. The molecule has 7 nitrogen and oxygen atoms in total. The Balaban J connectivity index is 1.58. The number of aliphatic imine (C=N–C) groups is 1. The highest BCUT2D eigenvalue weighted by atomic mass is 79.9. The van der Waals surface area contributed by atoms with Crippen LogP contribution in [-0.2, 0) is 9.59 Å². The van der Waals surface area contributed by atoms with Crippen LogP contribution in [0.4, 0.5) is 5.69 Å². The second-order valence-corrected chi connectivity index (χ2v) is 7.94. The van der Waals surface area contributed by atoms with Gasteiger partial charge in [-0.1, -0.05) is 58.4 Å². The molecule has 0 saturated heterocycles. The summed E-state index contributed by atoms with van der Waals surface area (Å²) in [5.74, 6) is -0.709. The van der Waals surface area contributed by atoms with Gasteiger partial charge in [0.1, 0.15) is 18.8 Å². The highest BCUT2D eigenvalue weighted by molar-refractivity contribution is 9.10. The van der Waals surface area contributed by atoms with Crippen LogP contribution in [0, 0.1) is 0 Å². The fourth-order valence-electron chi connectivity index (χ4n) is 3.35. The van der Waals surface area contributed by atoms with Crippen molar-refractivity contribution in [1.82, 2.24) is 5.43 Å². The molecule has 0 fully saturated rings. The van der Waals surface area contributed by atoms with Crippen molar-refractivity contribution in [2.45, 2.75) is 0 Å². The zero-order chi connectivity index (χ0) is 22.5. The van der Waals surface area contributed by atoms with E-state index in [1.807, 2.05) is 42.5 Å². The van der Waals surface area contributed by atoms with Gasteiger partial charge in [-0.3, -0.25) is 14.6 Å². The van der Waals surface area contributed by atoms with Crippen LogP contribution in [0.1, 0.15) is 16.7 Å². The Labute approximate surface area is 193 Å². The fourth-order valence-corrected chi connectivity index (χ4v) is 3.71. The van der Waals surface area contributed by atoms with Gasteiger partial charge >= 0.3 is 0 Å². The number of fused-ring (bicyclic) bond motifs is 1. The smallest absolute Gasteiger partial charge is 0.260 e. The average molecular weight is 491 g/mol. The van der Waals surface area contributed by atoms with Crippen LogP contribution in [0.3, 0.4) is 0 Å². The van der Waals surface area contributed by atoms with Crippen molar-refractivity contribution in [2.75, 3.05) is 18.0 Å². The van der Waals surface area contributed by atoms with Crippen molar-refractivity contribution in [3.63, 3.8) is 0 Å². The molecule has 160 valence electrons. The van der Waals surface area contributed by atoms with E-state index in [0.29, 0.717) is 17.0 Å². The maximum absolute atomic E-state index is 12.9. The number of hydrazone groups is 1. The van der Waals surface area contributed by atoms with Gasteiger partial charge in [0.25, 0.3) is 5.91 Å². The Hall–Kier alpha value is -3.78. The summed E-state index contributed by atoms with van der Waals surface area (Å²) < 4.78 is 0.839. The molecule has 4 rings (SSSR count). The van der Waals surface area contributed by atoms with E-state index in [0.717, 1.165) is 15.6 Å². The van der Waals surface area contributed by atoms with Crippen LogP contribution < -0.4 is 10.3 Å². The predicted molar refractivity (Wildman–Crippen MR) is 127 cm³/mol. The molecular weight excluding hydrogens is 472 g/mol. The van der Waals surface area contributed by atoms with E-state index >= 15 is 0 Å². The molecule has 1 aliphatic rings. The number of amides is 2. The molecule has 32 heavy (non-hydrogen) atoms. The molecule has 1 aliphatic heterocycles. The fraction of sp³-hybridized carbons (Fsp3) is 0.0833. The van der Waals surface area contributed by atoms with E-state index in [4.69, 9.17) is 0 Å². The topological polar surface area (TPSA) is 94.4 Å². The Morgan fingerprint density at radius 1 is 1.12 bits per heavy atom. The second-order valence-electron chi connectivity index (χ2n) is 7.02. The summed E-state index contributed by atoms with van der Waals surface area (Å²) in [5.41, 5.74) is 5.80. The zero-order valence-corrected chi connectivity index (χ0v) is 18.5. The maximum atomic E-state index is 12.9. The van der Waals surface area contributed by atoms with E-state index in [-0.39, 0.29) is 24.7 Å². The number of hydrogen-bond donors (Lipinski definition) is 2. The summed E-state index contributed by atoms with van der Waals surface area (Å²) in [7, 11) is 0. The molecule has 0 atom stereocenters. The van der Waals surface area contributed by atoms with Gasteiger partial charge in [0, 0.05) is 21.2 Å². The monoisotopic (exact) mass is 490 g/mol. The lowest BCUT2D eigenvalue weighted by molar-refractivity contribution is -0.123. The first-order valence-electron chi connectivity index (χ1n) is 9.83. The molecule has 2 amide bonds. The number of phenolic OH excluding ortho intramolecular Hbond substituents is 1. The summed E-state index contributed by atoms with van der Waals surface area (Å²) in [6, 6.07) is 21.7. The highest BCUT2D eigenvalue weighted by Gasteiger charge is 2.27. The first kappa shape index (κ1) is 21.5. The molecule has 0 aromatic heterocycles. The Morgan fingerprint density at radius 2 is 1.88 bits per heavy atom. The molecule has 3 aromatic carbocycles. The number of hydrogen-bond acceptors (Lipinski definition) is 5. The summed E-state index contributed by atoms with van der Waals surface area (Å²) in [5, 5.41) is 13.7. The van der Waals surface area contributed by atoms with Crippen LogP contribution in [0.25, 0.3) is 0 Å². The number of nitrogens with zero attached hydrogens (tertiary/aromatic N) is 3. The number of anilines is 1. The van der Waals surface area contributed by atoms with Crippen LogP contribution in [0.5, 0.6) is 5.75 Å². The number of phenols is 1. The number of benzodiazepines with no additional fused rings is 1. The number of para-hydroxylation sites is 1. The van der Waals surface area contributed by atoms with Crippen molar-refractivity contribution >= 4 is 45.4 Å². The largest absolute Gasteiger partial charge is 0.507 e. The van der Waals surface area contributed by atoms with Crippen LogP contribution in [-0.4, -0.2) is 41.9 Å². The van der Waals surface area contributed by atoms with E-state index in [9.17, 15) is 14.7 Å². The molecule has 0 saturated carbocycles. The molecule has 1 heterocycles. The van der Waals surface area contributed by atoms with E-state index in [2.05, 4.69) is 31.4 Å². The molecule has 8 heteroatoms. The number of halogens is 1. The Bertz CT molecular complexity index is 1220. The van der Waals surface area contributed by atoms with E-state index < -0.39 is 5.91 Å². The molecule has 0 spiro atoms. The van der Waals surface area contributed by atoms with Gasteiger partial charge in [0.15, 0.2) is 0 Å². The molecule has 2 N–H and O–H groups in total. The van der Waals surface area contributed by atoms with Crippen molar-refractivity contribution in [1.29, 1.82) is 0 Å². The molecule has 3 aromatic rings. The standard InChI is InChI=1S/C24H19BrN4O3/c25-18-10-11-20-19(12-18)24(16-6-2-1-3-7-16)26-14-23(32)29(20)15-22(31)28-27-13-17-8-4-5-9-21(17)30/h1-13,30H,14-15H2,(H,28,31)/b27-13-. The third-order valence-corrected chi connectivity index (χ3v) is 5.35. The predicted octanol–water partition coefficient (Wildman–Crippen LogP) is 3.49. The van der Waals surface area contributed by atoms with Gasteiger partial charge in [-0.25, -0.2) is 5.43 Å². The minimum atomic E-state index is -0.470. The number of benzene rings is 3. The zero-order valence-electron chi connectivity index (χ0n) is 16.9. The first-order chi connectivity index (χ1) is 15.5. The number of rotatable bonds is 5. The summed E-state index contributed by atoms with van der Waals surface area (Å²) in [4.78, 5) is 31.4. The third-order valence-electron chi connectivity index (χ3n) is 4.86. The van der Waals surface area contributed by atoms with Crippen molar-refractivity contribution in [3.8, 4) is 5.75 Å². The SMILES string of the molecule is O=C(CN1C(=O)CN=C(c2ccccc2)c2cc(Br)ccc21)N/N=C\c1ccccc1O. The Morgan fingerprint density at radius 3 is 2.66 bits per heavy atom. The minimum Gasteiger partial charge on any atom is -0.507 e. The average Bonchev–Trinajstić information content (AvgIpc) is 2.92. The van der Waals surface area contributed by atoms with E-state index in [1.54, 1.807) is 24.3 Å². The van der Waals surface area contributed by atoms with Gasteiger partial charge in [-0.15, -0.1) is 0 Å². The number of carbonyl (C=O) groups is 2. The van der Waals surface area contributed by atoms with Gasteiger partial charge in [-0.05, 0) is 30.3 Å². The van der Waals surface area contributed by atoms with Crippen LogP contribution >= 0.6 is 15.9 Å². The quantitative estimate of drug-likeness (QED) is 0.423. The first-order valence-corrected chi connectivity index (χ1v) is 10.6. The third kappa shape index (κ3) is 4.76. The minimum absolute atomic E-state index is 0.0540. The second kappa shape index (κ2) is 9.57. The lowest BCUT2D eigenvalue weighted by atomic mass is 10.0. The lowest BCUT2D eigenvalue weighted by Gasteiger charge is -2.22. The summed E-state index contributed by atoms with van der Waals surface area (Å²) >= 11 is 3.49. The molecule has 0 bridgehead atoms. The Kier molecular flexibility index (Phi) is 6.42. The van der Waals surface area contributed by atoms with Gasteiger partial charge in [0.05, 0.1) is 17.6 Å². The highest BCUT2D eigenvalue weighted by Crippen LogP contribution is 2.29. The summed E-state index contributed by atoms with van der Waals surface area (Å²) in [6.07, 6.45) is 1.35. The number of carbonyl (C=O) groups excluding carboxylic acids is 2. The molecule has 0 aliphatic carbocycles. The summed E-state index contributed by atoms with van der Waals surface area (Å²) in [6.45, 7) is -0.297. The van der Waals surface area contributed by atoms with Gasteiger partial charge in [0.2, 0.25) is 5.91 Å². The van der Waals surface area contributed by atoms with Crippen LogP contribution in [0.15, 0.2) is 87.4 Å². The number of aromatic hydroxyl groups is 1. The number of nitrogens with one attached hydrogen (secondary N) is 1. The molecule has 0 radical (unpaired) electrons. The maximum Gasteiger partial charge on any atom is 0.260 e. The molecular formula is C24H19BrN4O3. The van der Waals surface area contributed by atoms with Crippen molar-refractivity contribution < 1.29 is 14.7 Å². The molecule has 0 unspecified atom stereocenters. The lowest BCUT2D eigenvalue weighted by Crippen LogP contribution is -2.40. The van der Waals surface area contributed by atoms with Crippen molar-refractivity contribution in [3.05, 3.63) is 94.0 Å².